The number of likely N-dealkylation sites (tertiary alicyclic amines) is 1. The van der Waals surface area contributed by atoms with Crippen LogP contribution in [0.1, 0.15) is 56.4 Å². The third kappa shape index (κ3) is 4.84. The molecule has 6 heteroatoms. The van der Waals surface area contributed by atoms with Crippen LogP contribution in [-0.4, -0.2) is 42.3 Å². The monoisotopic (exact) mass is 358 g/mol. The number of carbonyl (C=O) groups is 3. The second-order valence-electron chi connectivity index (χ2n) is 6.97. The first-order chi connectivity index (χ1) is 12.6. The molecular weight excluding hydrogens is 332 g/mol. The number of rotatable bonds is 6. The van der Waals surface area contributed by atoms with E-state index in [1.807, 2.05) is 29.2 Å². The SMILES string of the molecule is O=C1CCC(c2ccc(OCCCC(=O)N3CCCCC3)cc2)C(=O)N1. The molecule has 0 radical (unpaired) electrons. The van der Waals surface area contributed by atoms with Crippen LogP contribution >= 0.6 is 0 Å². The zero-order valence-electron chi connectivity index (χ0n) is 15.0. The molecule has 0 bridgehead atoms. The Balaban J connectivity index is 1.41. The maximum atomic E-state index is 12.1. The van der Waals surface area contributed by atoms with E-state index in [1.165, 1.54) is 6.42 Å². The minimum atomic E-state index is -0.274. The molecule has 2 heterocycles. The standard InChI is InChI=1S/C20H26N2O4/c23-18-11-10-17(20(25)21-18)15-6-8-16(9-7-15)26-14-4-5-19(24)22-12-2-1-3-13-22/h6-9,17H,1-5,10-14H2,(H,21,23,25). The van der Waals surface area contributed by atoms with Gasteiger partial charge in [0.25, 0.3) is 0 Å². The average Bonchev–Trinajstić information content (AvgIpc) is 2.66. The second-order valence-corrected chi connectivity index (χ2v) is 6.97. The third-order valence-electron chi connectivity index (χ3n) is 5.03. The number of ether oxygens (including phenoxy) is 1. The van der Waals surface area contributed by atoms with Crippen molar-refractivity contribution in [3.05, 3.63) is 29.8 Å². The number of benzene rings is 1. The Bertz CT molecular complexity index is 650. The van der Waals surface area contributed by atoms with E-state index in [4.69, 9.17) is 4.74 Å². The van der Waals surface area contributed by atoms with Gasteiger partial charge in [-0.2, -0.15) is 0 Å². The fraction of sp³-hybridized carbons (Fsp3) is 0.550. The molecule has 1 atom stereocenters. The summed E-state index contributed by atoms with van der Waals surface area (Å²) < 4.78 is 5.70. The number of carbonyl (C=O) groups excluding carboxylic acids is 3. The van der Waals surface area contributed by atoms with Crippen molar-refractivity contribution in [2.75, 3.05) is 19.7 Å². The molecule has 0 aromatic heterocycles. The molecule has 0 spiro atoms. The number of nitrogens with one attached hydrogen (secondary N) is 1. The zero-order valence-corrected chi connectivity index (χ0v) is 15.0. The first kappa shape index (κ1) is 18.4. The summed E-state index contributed by atoms with van der Waals surface area (Å²) in [6.07, 6.45) is 5.59. The van der Waals surface area contributed by atoms with Crippen LogP contribution in [0.25, 0.3) is 0 Å². The molecule has 2 aliphatic rings. The normalized spacial score (nSPS) is 20.6. The largest absolute Gasteiger partial charge is 0.494 e. The maximum absolute atomic E-state index is 12.1. The fourth-order valence-electron chi connectivity index (χ4n) is 3.52. The van der Waals surface area contributed by atoms with E-state index in [9.17, 15) is 14.4 Å². The van der Waals surface area contributed by atoms with Gasteiger partial charge in [0, 0.05) is 25.9 Å². The molecule has 2 aliphatic heterocycles. The minimum Gasteiger partial charge on any atom is -0.494 e. The van der Waals surface area contributed by atoms with Gasteiger partial charge in [-0.1, -0.05) is 12.1 Å². The van der Waals surface area contributed by atoms with Crippen molar-refractivity contribution >= 4 is 17.7 Å². The molecule has 2 fully saturated rings. The summed E-state index contributed by atoms with van der Waals surface area (Å²) in [5.74, 6) is 0.244. The lowest BCUT2D eigenvalue weighted by Gasteiger charge is -2.26. The molecule has 0 aliphatic carbocycles. The lowest BCUT2D eigenvalue weighted by Crippen LogP contribution is -2.39. The van der Waals surface area contributed by atoms with Gasteiger partial charge in [0.2, 0.25) is 17.7 Å². The topological polar surface area (TPSA) is 75.7 Å². The van der Waals surface area contributed by atoms with Crippen molar-refractivity contribution < 1.29 is 19.1 Å². The van der Waals surface area contributed by atoms with E-state index in [1.54, 1.807) is 0 Å². The fourth-order valence-corrected chi connectivity index (χ4v) is 3.52. The number of imide groups is 1. The van der Waals surface area contributed by atoms with Crippen molar-refractivity contribution in [3.8, 4) is 5.75 Å². The molecule has 1 aromatic rings. The van der Waals surface area contributed by atoms with Crippen LogP contribution in [0.4, 0.5) is 0 Å². The Kier molecular flexibility index (Phi) is 6.26. The number of amides is 3. The van der Waals surface area contributed by atoms with Gasteiger partial charge >= 0.3 is 0 Å². The summed E-state index contributed by atoms with van der Waals surface area (Å²) in [5.41, 5.74) is 0.891. The molecule has 1 aromatic carbocycles. The molecule has 26 heavy (non-hydrogen) atoms. The molecule has 3 rings (SSSR count). The van der Waals surface area contributed by atoms with Crippen molar-refractivity contribution in [1.29, 1.82) is 0 Å². The summed E-state index contributed by atoms with van der Waals surface area (Å²) in [6, 6.07) is 7.42. The minimum absolute atomic E-state index is 0.203. The lowest BCUT2D eigenvalue weighted by atomic mass is 9.90. The average molecular weight is 358 g/mol. The summed E-state index contributed by atoms with van der Waals surface area (Å²) in [7, 11) is 0. The van der Waals surface area contributed by atoms with E-state index < -0.39 is 0 Å². The Morgan fingerprint density at radius 1 is 1.12 bits per heavy atom. The van der Waals surface area contributed by atoms with Crippen molar-refractivity contribution in [1.82, 2.24) is 10.2 Å². The van der Waals surface area contributed by atoms with E-state index in [-0.39, 0.29) is 23.6 Å². The molecule has 0 saturated carbocycles. The van der Waals surface area contributed by atoms with Crippen LogP contribution in [0.15, 0.2) is 24.3 Å². The highest BCUT2D eigenvalue weighted by molar-refractivity contribution is 6.00. The highest BCUT2D eigenvalue weighted by Crippen LogP contribution is 2.26. The highest BCUT2D eigenvalue weighted by Gasteiger charge is 2.27. The molecule has 1 unspecified atom stereocenters. The smallest absolute Gasteiger partial charge is 0.234 e. The quantitative estimate of drug-likeness (QED) is 0.626. The van der Waals surface area contributed by atoms with Gasteiger partial charge in [-0.15, -0.1) is 0 Å². The van der Waals surface area contributed by atoms with Gasteiger partial charge in [-0.25, -0.2) is 0 Å². The van der Waals surface area contributed by atoms with Gasteiger partial charge < -0.3 is 9.64 Å². The molecule has 140 valence electrons. The molecule has 1 N–H and O–H groups in total. The van der Waals surface area contributed by atoms with Gasteiger partial charge in [0.05, 0.1) is 12.5 Å². The van der Waals surface area contributed by atoms with Gasteiger partial charge in [0.15, 0.2) is 0 Å². The second kappa shape index (κ2) is 8.83. The first-order valence-electron chi connectivity index (χ1n) is 9.48. The van der Waals surface area contributed by atoms with Crippen LogP contribution in [-0.2, 0) is 14.4 Å². The zero-order chi connectivity index (χ0) is 18.4. The van der Waals surface area contributed by atoms with E-state index in [0.29, 0.717) is 32.3 Å². The Hall–Kier alpha value is -2.37. The Labute approximate surface area is 153 Å². The predicted octanol–water partition coefficient (Wildman–Crippen LogP) is 2.38. The highest BCUT2D eigenvalue weighted by atomic mass is 16.5. The van der Waals surface area contributed by atoms with Crippen LogP contribution in [0.2, 0.25) is 0 Å². The number of nitrogens with zero attached hydrogens (tertiary/aromatic N) is 1. The molecule has 2 saturated heterocycles. The summed E-state index contributed by atoms with van der Waals surface area (Å²) in [4.78, 5) is 37.2. The summed E-state index contributed by atoms with van der Waals surface area (Å²) in [5, 5.41) is 2.38. The first-order valence-corrected chi connectivity index (χ1v) is 9.48. The molecular formula is C20H26N2O4. The Morgan fingerprint density at radius 3 is 2.54 bits per heavy atom. The van der Waals surface area contributed by atoms with Gasteiger partial charge in [-0.3, -0.25) is 19.7 Å². The number of hydrogen-bond donors (Lipinski definition) is 1. The van der Waals surface area contributed by atoms with Crippen molar-refractivity contribution in [2.45, 2.75) is 50.9 Å². The molecule has 3 amide bonds. The van der Waals surface area contributed by atoms with Gasteiger partial charge in [0.1, 0.15) is 5.75 Å². The van der Waals surface area contributed by atoms with Crippen molar-refractivity contribution in [2.24, 2.45) is 0 Å². The lowest BCUT2D eigenvalue weighted by molar-refractivity contribution is -0.134. The summed E-state index contributed by atoms with van der Waals surface area (Å²) >= 11 is 0. The summed E-state index contributed by atoms with van der Waals surface area (Å²) in [6.45, 7) is 2.28. The Morgan fingerprint density at radius 2 is 1.85 bits per heavy atom. The van der Waals surface area contributed by atoms with E-state index in [0.717, 1.165) is 37.2 Å². The third-order valence-corrected chi connectivity index (χ3v) is 5.03. The van der Waals surface area contributed by atoms with Crippen molar-refractivity contribution in [3.63, 3.8) is 0 Å². The van der Waals surface area contributed by atoms with Crippen LogP contribution in [0.3, 0.4) is 0 Å². The maximum Gasteiger partial charge on any atom is 0.234 e. The molecule has 6 nitrogen and oxygen atoms in total. The van der Waals surface area contributed by atoms with E-state index >= 15 is 0 Å². The number of hydrogen-bond acceptors (Lipinski definition) is 4. The predicted molar refractivity (Wildman–Crippen MR) is 96.7 cm³/mol. The number of piperidine rings is 2. The van der Waals surface area contributed by atoms with Crippen LogP contribution < -0.4 is 10.1 Å². The van der Waals surface area contributed by atoms with E-state index in [2.05, 4.69) is 5.32 Å². The van der Waals surface area contributed by atoms with Crippen LogP contribution in [0.5, 0.6) is 5.75 Å². The van der Waals surface area contributed by atoms with Crippen LogP contribution in [0, 0.1) is 0 Å². The van der Waals surface area contributed by atoms with Gasteiger partial charge in [-0.05, 0) is 49.8 Å².